The molecule has 1 saturated heterocycles. The van der Waals surface area contributed by atoms with Crippen LogP contribution in [0.1, 0.15) is 34.3 Å². The van der Waals surface area contributed by atoms with Gasteiger partial charge in [0.2, 0.25) is 0 Å². The Hall–Kier alpha value is -4.48. The van der Waals surface area contributed by atoms with Gasteiger partial charge in [-0.25, -0.2) is 4.39 Å². The average Bonchev–Trinajstić information content (AvgIpc) is 3.39. The Morgan fingerprint density at radius 1 is 1.24 bits per heavy atom. The van der Waals surface area contributed by atoms with Gasteiger partial charge in [-0.1, -0.05) is 18.2 Å². The van der Waals surface area contributed by atoms with E-state index in [2.05, 4.69) is 26.5 Å². The highest BCUT2D eigenvalue weighted by Crippen LogP contribution is 2.28. The number of methoxy groups -OCH3 is 1. The molecule has 2 heterocycles. The molecule has 192 valence electrons. The first kappa shape index (κ1) is 25.2. The zero-order valence-electron chi connectivity index (χ0n) is 21.1. The number of amides is 1. The fraction of sp³-hybridized carbons (Fsp3) is 0.233. The molecule has 1 fully saturated rings. The molecule has 4 aromatic rings. The lowest BCUT2D eigenvalue weighted by molar-refractivity contribution is 0.0969. The molecular weight excluding hydrogens is 481 g/mol. The third-order valence-corrected chi connectivity index (χ3v) is 6.87. The topological polar surface area (TPSA) is 94.0 Å². The standard InChI is InChI=1S/C30H28FN5O2/c1-38-28-9-3-8-26(31)24(28)12-14-36-13-4-6-21(19-36)18-33-30(37)23-10-11-27-25(16-23)29(35-34-27)22-7-2-5-20(15-22)17-32/h2-3,5,7-11,15-16,18H,4,6,12-14,19H2,1H3,(H,33,37)(H,34,35)/b21-18-. The highest BCUT2D eigenvalue weighted by atomic mass is 19.1. The van der Waals surface area contributed by atoms with Crippen LogP contribution < -0.4 is 10.1 Å². The molecule has 0 spiro atoms. The van der Waals surface area contributed by atoms with E-state index in [0.717, 1.165) is 48.0 Å². The summed E-state index contributed by atoms with van der Waals surface area (Å²) in [6, 6.07) is 19.7. The molecule has 1 aromatic heterocycles. The zero-order valence-corrected chi connectivity index (χ0v) is 21.1. The van der Waals surface area contributed by atoms with E-state index in [1.807, 2.05) is 24.3 Å². The van der Waals surface area contributed by atoms with Crippen molar-refractivity contribution >= 4 is 16.8 Å². The lowest BCUT2D eigenvalue weighted by atomic mass is 10.0. The Labute approximate surface area is 220 Å². The average molecular weight is 510 g/mol. The molecule has 8 heteroatoms. The maximum absolute atomic E-state index is 14.3. The van der Waals surface area contributed by atoms with Gasteiger partial charge in [0.05, 0.1) is 30.0 Å². The minimum atomic E-state index is -0.250. The number of carbonyl (C=O) groups is 1. The first-order valence-corrected chi connectivity index (χ1v) is 12.6. The molecule has 38 heavy (non-hydrogen) atoms. The normalized spacial score (nSPS) is 14.9. The molecule has 0 radical (unpaired) electrons. The largest absolute Gasteiger partial charge is 0.496 e. The molecule has 1 amide bonds. The minimum absolute atomic E-state index is 0.203. The van der Waals surface area contributed by atoms with Gasteiger partial charge in [-0.15, -0.1) is 0 Å². The van der Waals surface area contributed by atoms with Crippen molar-refractivity contribution in [3.05, 3.63) is 94.9 Å². The van der Waals surface area contributed by atoms with E-state index in [4.69, 9.17) is 4.74 Å². The van der Waals surface area contributed by atoms with E-state index in [-0.39, 0.29) is 11.7 Å². The van der Waals surface area contributed by atoms with E-state index >= 15 is 0 Å². The predicted molar refractivity (Wildman–Crippen MR) is 144 cm³/mol. The number of fused-ring (bicyclic) bond motifs is 1. The molecule has 1 aliphatic heterocycles. The summed E-state index contributed by atoms with van der Waals surface area (Å²) >= 11 is 0. The van der Waals surface area contributed by atoms with Gasteiger partial charge >= 0.3 is 0 Å². The minimum Gasteiger partial charge on any atom is -0.496 e. The number of likely N-dealkylation sites (tertiary alicyclic amines) is 1. The molecule has 0 atom stereocenters. The quantitative estimate of drug-likeness (QED) is 0.357. The summed E-state index contributed by atoms with van der Waals surface area (Å²) in [5.74, 6) is 0.117. The number of ether oxygens (including phenoxy) is 1. The predicted octanol–water partition coefficient (Wildman–Crippen LogP) is 5.20. The number of hydrogen-bond donors (Lipinski definition) is 2. The summed E-state index contributed by atoms with van der Waals surface area (Å²) in [6.45, 7) is 2.35. The second-order valence-corrected chi connectivity index (χ2v) is 9.35. The molecule has 0 saturated carbocycles. The second-order valence-electron chi connectivity index (χ2n) is 9.35. The number of benzene rings is 3. The number of hydrogen-bond acceptors (Lipinski definition) is 5. The van der Waals surface area contributed by atoms with Gasteiger partial charge < -0.3 is 10.1 Å². The first-order valence-electron chi connectivity index (χ1n) is 12.6. The van der Waals surface area contributed by atoms with Crippen LogP contribution in [0.15, 0.2) is 72.4 Å². The summed E-state index contributed by atoms with van der Waals surface area (Å²) in [7, 11) is 1.56. The molecule has 0 aliphatic carbocycles. The number of nitriles is 1. The zero-order chi connectivity index (χ0) is 26.5. The molecule has 1 aliphatic rings. The smallest absolute Gasteiger partial charge is 0.255 e. The van der Waals surface area contributed by atoms with E-state index in [1.165, 1.54) is 6.07 Å². The highest BCUT2D eigenvalue weighted by molar-refractivity contribution is 6.01. The maximum Gasteiger partial charge on any atom is 0.255 e. The number of rotatable bonds is 7. The number of piperidine rings is 1. The third kappa shape index (κ3) is 5.43. The van der Waals surface area contributed by atoms with Crippen molar-refractivity contribution in [1.82, 2.24) is 20.4 Å². The Morgan fingerprint density at radius 2 is 2.11 bits per heavy atom. The molecule has 5 rings (SSSR count). The molecule has 3 aromatic carbocycles. The van der Waals surface area contributed by atoms with E-state index in [1.54, 1.807) is 43.6 Å². The Balaban J connectivity index is 1.26. The number of carbonyl (C=O) groups excluding carboxylic acids is 1. The van der Waals surface area contributed by atoms with Crippen LogP contribution in [-0.4, -0.2) is 47.7 Å². The second kappa shape index (κ2) is 11.3. The van der Waals surface area contributed by atoms with Crippen LogP contribution in [0.3, 0.4) is 0 Å². The first-order chi connectivity index (χ1) is 18.6. The van der Waals surface area contributed by atoms with Crippen molar-refractivity contribution in [3.63, 3.8) is 0 Å². The van der Waals surface area contributed by atoms with Crippen molar-refractivity contribution in [2.45, 2.75) is 19.3 Å². The van der Waals surface area contributed by atoms with Gasteiger partial charge in [0.1, 0.15) is 11.6 Å². The summed E-state index contributed by atoms with van der Waals surface area (Å²) in [4.78, 5) is 15.3. The summed E-state index contributed by atoms with van der Waals surface area (Å²) in [5.41, 5.74) is 5.11. The van der Waals surface area contributed by atoms with Crippen LogP contribution in [0.5, 0.6) is 5.75 Å². The van der Waals surface area contributed by atoms with Crippen LogP contribution in [0.4, 0.5) is 4.39 Å². The molecule has 0 unspecified atom stereocenters. The monoisotopic (exact) mass is 509 g/mol. The maximum atomic E-state index is 14.3. The van der Waals surface area contributed by atoms with Gasteiger partial charge in [0.25, 0.3) is 5.91 Å². The SMILES string of the molecule is COc1cccc(F)c1CCN1CCC/C(=C/NC(=O)c2ccc3[nH]nc(-c4cccc(C#N)c4)c3c2)C1. The lowest BCUT2D eigenvalue weighted by Crippen LogP contribution is -2.34. The molecule has 7 nitrogen and oxygen atoms in total. The number of aromatic amines is 1. The number of nitrogens with one attached hydrogen (secondary N) is 2. The van der Waals surface area contributed by atoms with Crippen molar-refractivity contribution in [3.8, 4) is 23.1 Å². The number of H-pyrrole nitrogens is 1. The van der Waals surface area contributed by atoms with Crippen LogP contribution in [0, 0.1) is 17.1 Å². The van der Waals surface area contributed by atoms with E-state index in [9.17, 15) is 14.4 Å². The highest BCUT2D eigenvalue weighted by Gasteiger charge is 2.17. The van der Waals surface area contributed by atoms with Gasteiger partial charge in [0, 0.05) is 41.4 Å². The lowest BCUT2D eigenvalue weighted by Gasteiger charge is -2.28. The molecule has 0 bridgehead atoms. The third-order valence-electron chi connectivity index (χ3n) is 6.87. The Bertz CT molecular complexity index is 1550. The van der Waals surface area contributed by atoms with Crippen LogP contribution in [-0.2, 0) is 6.42 Å². The van der Waals surface area contributed by atoms with Crippen molar-refractivity contribution < 1.29 is 13.9 Å². The van der Waals surface area contributed by atoms with Crippen LogP contribution in [0.25, 0.3) is 22.2 Å². The van der Waals surface area contributed by atoms with Gasteiger partial charge in [-0.2, -0.15) is 10.4 Å². The number of nitrogens with zero attached hydrogens (tertiary/aromatic N) is 3. The Kier molecular flexibility index (Phi) is 7.47. The summed E-state index contributed by atoms with van der Waals surface area (Å²) in [6.07, 6.45) is 4.23. The summed E-state index contributed by atoms with van der Waals surface area (Å²) in [5, 5.41) is 20.4. The van der Waals surface area contributed by atoms with Gasteiger partial charge in [-0.3, -0.25) is 14.8 Å². The van der Waals surface area contributed by atoms with Gasteiger partial charge in [-0.05, 0) is 73.8 Å². The number of aromatic nitrogens is 2. The van der Waals surface area contributed by atoms with Crippen LogP contribution in [0.2, 0.25) is 0 Å². The van der Waals surface area contributed by atoms with E-state index < -0.39 is 0 Å². The van der Waals surface area contributed by atoms with Crippen LogP contribution >= 0.6 is 0 Å². The fourth-order valence-corrected chi connectivity index (χ4v) is 4.89. The van der Waals surface area contributed by atoms with Crippen molar-refractivity contribution in [2.75, 3.05) is 26.7 Å². The molecular formula is C30H28FN5O2. The number of halogens is 1. The Morgan fingerprint density at radius 3 is 2.95 bits per heavy atom. The summed E-state index contributed by atoms with van der Waals surface area (Å²) < 4.78 is 19.6. The molecule has 2 N–H and O–H groups in total. The van der Waals surface area contributed by atoms with E-state index in [0.29, 0.717) is 41.1 Å². The van der Waals surface area contributed by atoms with Gasteiger partial charge in [0.15, 0.2) is 0 Å². The van der Waals surface area contributed by atoms with Crippen molar-refractivity contribution in [2.24, 2.45) is 0 Å². The fourth-order valence-electron chi connectivity index (χ4n) is 4.89. The van der Waals surface area contributed by atoms with Crippen molar-refractivity contribution in [1.29, 1.82) is 5.26 Å².